The fraction of sp³-hybridized carbons (Fsp3) is 0.727. The third-order valence-electron chi connectivity index (χ3n) is 3.10. The third-order valence-corrected chi connectivity index (χ3v) is 4.71. The van der Waals surface area contributed by atoms with Crippen molar-refractivity contribution in [2.45, 2.75) is 17.9 Å². The van der Waals surface area contributed by atoms with Crippen LogP contribution in [0, 0.1) is 0 Å². The second kappa shape index (κ2) is 6.08. The van der Waals surface area contributed by atoms with Gasteiger partial charge in [0.25, 0.3) is 0 Å². The number of aryl methyl sites for hydroxylation is 1. The Morgan fingerprint density at radius 2 is 2.15 bits per heavy atom. The number of nitrogen functional groups attached to an aromatic ring is 1. The third kappa shape index (κ3) is 3.69. The van der Waals surface area contributed by atoms with Gasteiger partial charge in [0, 0.05) is 38.9 Å². The van der Waals surface area contributed by atoms with Crippen LogP contribution < -0.4 is 10.5 Å². The van der Waals surface area contributed by atoms with Crippen LogP contribution in [0.3, 0.4) is 0 Å². The summed E-state index contributed by atoms with van der Waals surface area (Å²) in [6, 6.07) is -0.210. The SMILES string of the molecule is CC(CN1CCOCC1)NS(=O)(=O)c1cn(C)nc1N. The van der Waals surface area contributed by atoms with Crippen molar-refractivity contribution >= 4 is 15.8 Å². The van der Waals surface area contributed by atoms with Crippen molar-refractivity contribution in [2.24, 2.45) is 7.05 Å². The number of hydrogen-bond donors (Lipinski definition) is 2. The number of morpholine rings is 1. The van der Waals surface area contributed by atoms with Crippen LogP contribution in [-0.2, 0) is 21.8 Å². The molecule has 1 aliphatic rings. The molecule has 1 unspecified atom stereocenters. The van der Waals surface area contributed by atoms with E-state index in [1.165, 1.54) is 10.9 Å². The quantitative estimate of drug-likeness (QED) is 0.723. The Balaban J connectivity index is 1.98. The van der Waals surface area contributed by atoms with Gasteiger partial charge in [-0.1, -0.05) is 0 Å². The number of anilines is 1. The molecule has 1 fully saturated rings. The second-order valence-electron chi connectivity index (χ2n) is 4.99. The normalized spacial score (nSPS) is 19.1. The summed E-state index contributed by atoms with van der Waals surface area (Å²) in [6.07, 6.45) is 1.40. The Hall–Kier alpha value is -1.16. The minimum atomic E-state index is -3.64. The molecule has 3 N–H and O–H groups in total. The molecule has 1 atom stereocenters. The molecule has 0 saturated carbocycles. The first-order chi connectivity index (χ1) is 9.38. The van der Waals surface area contributed by atoms with Crippen LogP contribution in [0.1, 0.15) is 6.92 Å². The van der Waals surface area contributed by atoms with Crippen LogP contribution in [0.15, 0.2) is 11.1 Å². The summed E-state index contributed by atoms with van der Waals surface area (Å²) in [5.74, 6) is 0.0126. The van der Waals surface area contributed by atoms with E-state index in [0.717, 1.165) is 13.1 Å². The molecule has 2 rings (SSSR count). The van der Waals surface area contributed by atoms with E-state index in [0.29, 0.717) is 19.8 Å². The molecule has 0 bridgehead atoms. The highest BCUT2D eigenvalue weighted by Gasteiger charge is 2.24. The predicted molar refractivity (Wildman–Crippen MR) is 74.7 cm³/mol. The van der Waals surface area contributed by atoms with Gasteiger partial charge in [-0.3, -0.25) is 9.58 Å². The maximum atomic E-state index is 12.2. The molecular weight excluding hydrogens is 282 g/mol. The molecule has 1 aliphatic heterocycles. The van der Waals surface area contributed by atoms with Crippen molar-refractivity contribution < 1.29 is 13.2 Å². The zero-order chi connectivity index (χ0) is 14.8. The van der Waals surface area contributed by atoms with E-state index in [2.05, 4.69) is 14.7 Å². The van der Waals surface area contributed by atoms with Crippen LogP contribution in [0.5, 0.6) is 0 Å². The maximum Gasteiger partial charge on any atom is 0.246 e. The maximum absolute atomic E-state index is 12.2. The summed E-state index contributed by atoms with van der Waals surface area (Å²) in [5, 5.41) is 3.85. The van der Waals surface area contributed by atoms with Gasteiger partial charge < -0.3 is 10.5 Å². The van der Waals surface area contributed by atoms with Gasteiger partial charge in [-0.15, -0.1) is 0 Å². The molecule has 9 heteroatoms. The molecule has 1 saturated heterocycles. The highest BCUT2D eigenvalue weighted by Crippen LogP contribution is 2.15. The van der Waals surface area contributed by atoms with Crippen LogP contribution in [0.25, 0.3) is 0 Å². The summed E-state index contributed by atoms with van der Waals surface area (Å²) < 4.78 is 33.7. The van der Waals surface area contributed by atoms with E-state index in [1.54, 1.807) is 7.05 Å². The van der Waals surface area contributed by atoms with Crippen molar-refractivity contribution in [3.8, 4) is 0 Å². The second-order valence-corrected chi connectivity index (χ2v) is 6.67. The molecule has 0 amide bonds. The fourth-order valence-corrected chi connectivity index (χ4v) is 3.57. The van der Waals surface area contributed by atoms with E-state index in [1.807, 2.05) is 6.92 Å². The van der Waals surface area contributed by atoms with Crippen LogP contribution in [-0.4, -0.2) is 62.0 Å². The lowest BCUT2D eigenvalue weighted by Gasteiger charge is -2.29. The van der Waals surface area contributed by atoms with Crippen molar-refractivity contribution in [1.29, 1.82) is 0 Å². The predicted octanol–water partition coefficient (Wildman–Crippen LogP) is -0.999. The number of hydrogen-bond acceptors (Lipinski definition) is 6. The van der Waals surface area contributed by atoms with Crippen molar-refractivity contribution in [3.05, 3.63) is 6.20 Å². The molecular formula is C11H21N5O3S. The van der Waals surface area contributed by atoms with E-state index >= 15 is 0 Å². The van der Waals surface area contributed by atoms with E-state index < -0.39 is 10.0 Å². The average Bonchev–Trinajstić information content (AvgIpc) is 2.69. The van der Waals surface area contributed by atoms with Crippen molar-refractivity contribution in [3.63, 3.8) is 0 Å². The molecule has 114 valence electrons. The van der Waals surface area contributed by atoms with Crippen LogP contribution in [0.2, 0.25) is 0 Å². The lowest BCUT2D eigenvalue weighted by molar-refractivity contribution is 0.0354. The van der Waals surface area contributed by atoms with Gasteiger partial charge in [0.05, 0.1) is 13.2 Å². The van der Waals surface area contributed by atoms with Crippen LogP contribution >= 0.6 is 0 Å². The topological polar surface area (TPSA) is 102 Å². The Kier molecular flexibility index (Phi) is 4.63. The first-order valence-electron chi connectivity index (χ1n) is 6.50. The van der Waals surface area contributed by atoms with E-state index in [-0.39, 0.29) is 16.8 Å². The Labute approximate surface area is 118 Å². The molecule has 8 nitrogen and oxygen atoms in total. The summed E-state index contributed by atoms with van der Waals surface area (Å²) in [7, 11) is -2.00. The fourth-order valence-electron chi connectivity index (χ4n) is 2.23. The molecule has 1 aromatic rings. The average molecular weight is 303 g/mol. The molecule has 2 heterocycles. The number of ether oxygens (including phenoxy) is 1. The standard InChI is InChI=1S/C11H21N5O3S/c1-9(7-16-3-5-19-6-4-16)14-20(17,18)10-8-15(2)13-11(10)12/h8-9,14H,3-7H2,1-2H3,(H2,12,13). The monoisotopic (exact) mass is 303 g/mol. The van der Waals surface area contributed by atoms with E-state index in [4.69, 9.17) is 10.5 Å². The first kappa shape index (κ1) is 15.2. The number of sulfonamides is 1. The highest BCUT2D eigenvalue weighted by molar-refractivity contribution is 7.89. The zero-order valence-corrected chi connectivity index (χ0v) is 12.6. The van der Waals surface area contributed by atoms with Gasteiger partial charge in [0.15, 0.2) is 5.82 Å². The number of rotatable bonds is 5. The summed E-state index contributed by atoms with van der Waals surface area (Å²) in [4.78, 5) is 2.19. The molecule has 0 radical (unpaired) electrons. The first-order valence-corrected chi connectivity index (χ1v) is 7.98. The number of nitrogens with one attached hydrogen (secondary N) is 1. The van der Waals surface area contributed by atoms with Gasteiger partial charge >= 0.3 is 0 Å². The number of nitrogens with zero attached hydrogens (tertiary/aromatic N) is 3. The van der Waals surface area contributed by atoms with Crippen molar-refractivity contribution in [1.82, 2.24) is 19.4 Å². The summed E-state index contributed by atoms with van der Waals surface area (Å²) >= 11 is 0. The lowest BCUT2D eigenvalue weighted by Crippen LogP contribution is -2.45. The Morgan fingerprint density at radius 3 is 2.70 bits per heavy atom. The number of nitrogens with two attached hydrogens (primary N) is 1. The van der Waals surface area contributed by atoms with Gasteiger partial charge in [-0.05, 0) is 6.92 Å². The Morgan fingerprint density at radius 1 is 1.50 bits per heavy atom. The largest absolute Gasteiger partial charge is 0.381 e. The molecule has 0 aromatic carbocycles. The zero-order valence-electron chi connectivity index (χ0n) is 11.7. The van der Waals surface area contributed by atoms with Gasteiger partial charge in [0.2, 0.25) is 10.0 Å². The molecule has 0 aliphatic carbocycles. The minimum absolute atomic E-state index is 0.0126. The van der Waals surface area contributed by atoms with Crippen LogP contribution in [0.4, 0.5) is 5.82 Å². The van der Waals surface area contributed by atoms with Gasteiger partial charge in [0.1, 0.15) is 4.90 Å². The molecule has 0 spiro atoms. The van der Waals surface area contributed by atoms with Gasteiger partial charge in [-0.25, -0.2) is 13.1 Å². The highest BCUT2D eigenvalue weighted by atomic mass is 32.2. The van der Waals surface area contributed by atoms with E-state index in [9.17, 15) is 8.42 Å². The van der Waals surface area contributed by atoms with Gasteiger partial charge in [-0.2, -0.15) is 5.10 Å². The lowest BCUT2D eigenvalue weighted by atomic mass is 10.3. The Bertz CT molecular complexity index is 550. The summed E-state index contributed by atoms with van der Waals surface area (Å²) in [6.45, 7) is 5.49. The minimum Gasteiger partial charge on any atom is -0.381 e. The van der Waals surface area contributed by atoms with Crippen molar-refractivity contribution in [2.75, 3.05) is 38.6 Å². The molecule has 1 aromatic heterocycles. The summed E-state index contributed by atoms with van der Waals surface area (Å²) in [5.41, 5.74) is 5.61. The number of aromatic nitrogens is 2. The molecule has 20 heavy (non-hydrogen) atoms. The smallest absolute Gasteiger partial charge is 0.246 e.